The van der Waals surface area contributed by atoms with Crippen LogP contribution < -0.4 is 5.73 Å². The van der Waals surface area contributed by atoms with Gasteiger partial charge in [-0.15, -0.1) is 0 Å². The van der Waals surface area contributed by atoms with Crippen molar-refractivity contribution in [2.45, 2.75) is 31.5 Å². The van der Waals surface area contributed by atoms with Crippen molar-refractivity contribution in [3.63, 3.8) is 0 Å². The lowest BCUT2D eigenvalue weighted by molar-refractivity contribution is -0.149. The van der Waals surface area contributed by atoms with Gasteiger partial charge in [0.15, 0.2) is 0 Å². The average molecular weight is 525 g/mol. The van der Waals surface area contributed by atoms with E-state index in [1.807, 2.05) is 54.6 Å². The number of carboxylic acid groups (broad SMARTS) is 1. The molecule has 198 valence electrons. The van der Waals surface area contributed by atoms with Gasteiger partial charge in [-0.3, -0.25) is 4.79 Å². The van der Waals surface area contributed by atoms with Crippen molar-refractivity contribution in [1.82, 2.24) is 14.9 Å². The van der Waals surface area contributed by atoms with Crippen molar-refractivity contribution in [2.75, 3.05) is 0 Å². The number of para-hydroxylation sites is 2. The Morgan fingerprint density at radius 1 is 0.795 bits per heavy atom. The van der Waals surface area contributed by atoms with Crippen LogP contribution in [0.1, 0.15) is 16.7 Å². The minimum atomic E-state index is -1.53. The Hall–Kier alpha value is -4.89. The zero-order valence-corrected chi connectivity index (χ0v) is 21.0. The second-order valence-corrected chi connectivity index (χ2v) is 9.34. The quantitative estimate of drug-likeness (QED) is 0.225. The summed E-state index contributed by atoms with van der Waals surface area (Å²) in [5, 5.41) is 11.9. The maximum Gasteiger partial charge on any atom is 0.417 e. The molecule has 0 aliphatic heterocycles. The van der Waals surface area contributed by atoms with E-state index in [2.05, 4.69) is 9.97 Å². The van der Waals surface area contributed by atoms with Gasteiger partial charge < -0.3 is 25.5 Å². The first-order valence-electron chi connectivity index (χ1n) is 12.5. The van der Waals surface area contributed by atoms with E-state index in [4.69, 9.17) is 10.5 Å². The third-order valence-electron chi connectivity index (χ3n) is 6.76. The molecule has 39 heavy (non-hydrogen) atoms. The predicted octanol–water partition coefficient (Wildman–Crippen LogP) is 4.38. The summed E-state index contributed by atoms with van der Waals surface area (Å²) in [5.74, 6) is -2.17. The van der Waals surface area contributed by atoms with Crippen molar-refractivity contribution in [3.8, 4) is 0 Å². The smallest absolute Gasteiger partial charge is 0.417 e. The van der Waals surface area contributed by atoms with Gasteiger partial charge in [0, 0.05) is 40.6 Å². The molecule has 2 amide bonds. The molecular weight excluding hydrogens is 496 g/mol. The summed E-state index contributed by atoms with van der Waals surface area (Å²) in [4.78, 5) is 46.5. The lowest BCUT2D eigenvalue weighted by Crippen LogP contribution is -2.55. The second-order valence-electron chi connectivity index (χ2n) is 9.34. The molecule has 0 radical (unpaired) electrons. The van der Waals surface area contributed by atoms with Gasteiger partial charge in [-0.1, -0.05) is 66.7 Å². The van der Waals surface area contributed by atoms with Crippen molar-refractivity contribution in [2.24, 2.45) is 5.73 Å². The van der Waals surface area contributed by atoms with Crippen LogP contribution in [0.2, 0.25) is 0 Å². The molecule has 9 heteroatoms. The molecule has 9 nitrogen and oxygen atoms in total. The fourth-order valence-corrected chi connectivity index (χ4v) is 4.76. The van der Waals surface area contributed by atoms with Crippen LogP contribution >= 0.6 is 0 Å². The van der Waals surface area contributed by atoms with Gasteiger partial charge in [0.05, 0.1) is 6.04 Å². The van der Waals surface area contributed by atoms with Crippen LogP contribution in [-0.4, -0.2) is 50.0 Å². The lowest BCUT2D eigenvalue weighted by Gasteiger charge is -2.28. The summed E-state index contributed by atoms with van der Waals surface area (Å²) in [6.07, 6.45) is 2.36. The molecular formula is C30H28N4O5. The lowest BCUT2D eigenvalue weighted by atomic mass is 10.0. The van der Waals surface area contributed by atoms with E-state index in [1.54, 1.807) is 36.7 Å². The molecule has 2 heterocycles. The molecule has 0 unspecified atom stereocenters. The second kappa shape index (κ2) is 11.2. The Morgan fingerprint density at radius 3 is 1.92 bits per heavy atom. The van der Waals surface area contributed by atoms with Gasteiger partial charge >= 0.3 is 12.1 Å². The Morgan fingerprint density at radius 2 is 1.33 bits per heavy atom. The van der Waals surface area contributed by atoms with E-state index in [1.165, 1.54) is 0 Å². The molecule has 5 aromatic rings. The van der Waals surface area contributed by atoms with Crippen LogP contribution in [0.25, 0.3) is 21.8 Å². The first kappa shape index (κ1) is 25.7. The van der Waals surface area contributed by atoms with Gasteiger partial charge in [0.2, 0.25) is 5.91 Å². The highest BCUT2D eigenvalue weighted by Gasteiger charge is 2.39. The maximum absolute atomic E-state index is 13.7. The first-order valence-corrected chi connectivity index (χ1v) is 12.5. The number of H-pyrrole nitrogens is 2. The number of nitrogens with zero attached hydrogens (tertiary/aromatic N) is 1. The first-order chi connectivity index (χ1) is 18.9. The Labute approximate surface area is 224 Å². The average Bonchev–Trinajstić information content (AvgIpc) is 3.56. The molecule has 5 rings (SSSR count). The summed E-state index contributed by atoms with van der Waals surface area (Å²) < 4.78 is 5.44. The number of benzene rings is 3. The normalized spacial score (nSPS) is 12.7. The number of carbonyl (C=O) groups is 3. The number of carbonyl (C=O) groups excluding carboxylic acids is 2. The summed E-state index contributed by atoms with van der Waals surface area (Å²) in [7, 11) is 0. The van der Waals surface area contributed by atoms with E-state index < -0.39 is 30.1 Å². The number of hydrogen-bond acceptors (Lipinski definition) is 5. The van der Waals surface area contributed by atoms with Gasteiger partial charge in [-0.25, -0.2) is 14.5 Å². The van der Waals surface area contributed by atoms with Crippen LogP contribution in [0.3, 0.4) is 0 Å². The molecule has 0 spiro atoms. The van der Waals surface area contributed by atoms with Crippen LogP contribution in [0, 0.1) is 0 Å². The van der Waals surface area contributed by atoms with Crippen molar-refractivity contribution in [1.29, 1.82) is 0 Å². The Kier molecular flexibility index (Phi) is 7.42. The minimum Gasteiger partial charge on any atom is -0.480 e. The Balaban J connectivity index is 1.44. The fourth-order valence-electron chi connectivity index (χ4n) is 4.76. The zero-order valence-electron chi connectivity index (χ0n) is 21.0. The number of nitrogens with one attached hydrogen (secondary N) is 2. The molecule has 0 saturated heterocycles. The third-order valence-corrected chi connectivity index (χ3v) is 6.76. The number of ether oxygens (including phenoxy) is 1. The molecule has 2 aromatic heterocycles. The molecule has 0 aliphatic carbocycles. The molecule has 0 fully saturated rings. The molecule has 3 aromatic carbocycles. The van der Waals surface area contributed by atoms with E-state index in [0.717, 1.165) is 27.4 Å². The van der Waals surface area contributed by atoms with E-state index in [-0.39, 0.29) is 19.4 Å². The van der Waals surface area contributed by atoms with Crippen molar-refractivity contribution >= 4 is 39.8 Å². The summed E-state index contributed by atoms with van der Waals surface area (Å²) in [6.45, 7) is -0.124. The highest BCUT2D eigenvalue weighted by molar-refractivity contribution is 5.99. The number of fused-ring (bicyclic) bond motifs is 2. The number of nitrogens with two attached hydrogens (primary N) is 1. The number of aromatic amines is 2. The van der Waals surface area contributed by atoms with Crippen LogP contribution in [0.4, 0.5) is 4.79 Å². The molecule has 5 N–H and O–H groups in total. The summed E-state index contributed by atoms with van der Waals surface area (Å²) in [6, 6.07) is 21.2. The minimum absolute atomic E-state index is 0.102. The highest BCUT2D eigenvalue weighted by Crippen LogP contribution is 2.23. The van der Waals surface area contributed by atoms with Crippen LogP contribution in [0.15, 0.2) is 91.3 Å². The topological polar surface area (TPSA) is 142 Å². The van der Waals surface area contributed by atoms with Gasteiger partial charge in [-0.05, 0) is 35.2 Å². The van der Waals surface area contributed by atoms with Crippen LogP contribution in [-0.2, 0) is 33.8 Å². The Bertz CT molecular complexity index is 1620. The van der Waals surface area contributed by atoms with Crippen molar-refractivity contribution in [3.05, 3.63) is 108 Å². The number of amides is 2. The summed E-state index contributed by atoms with van der Waals surface area (Å²) >= 11 is 0. The number of hydrogen-bond donors (Lipinski definition) is 4. The van der Waals surface area contributed by atoms with Crippen LogP contribution in [0.5, 0.6) is 0 Å². The maximum atomic E-state index is 13.7. The molecule has 0 saturated carbocycles. The molecule has 0 aliphatic rings. The van der Waals surface area contributed by atoms with Gasteiger partial charge in [0.1, 0.15) is 12.6 Å². The standard InChI is InChI=1S/C30H28N4O5/c31-24(14-20-16-32-25-12-6-4-10-22(20)25)28(35)34(30(38)39-18-19-8-2-1-3-9-19)27(29(36)37)15-21-17-33-26-13-7-5-11-23(21)26/h1-13,16-17,24,27,32-33H,14-15,18,31H2,(H,36,37)/t24-,27-/m0/s1. The van der Waals surface area contributed by atoms with E-state index >= 15 is 0 Å². The number of aliphatic carboxylic acids is 1. The number of aromatic nitrogens is 2. The number of rotatable bonds is 9. The highest BCUT2D eigenvalue weighted by atomic mass is 16.6. The van der Waals surface area contributed by atoms with Gasteiger partial charge in [-0.2, -0.15) is 0 Å². The van der Waals surface area contributed by atoms with Gasteiger partial charge in [0.25, 0.3) is 0 Å². The monoisotopic (exact) mass is 524 g/mol. The van der Waals surface area contributed by atoms with E-state index in [0.29, 0.717) is 16.0 Å². The number of imide groups is 1. The largest absolute Gasteiger partial charge is 0.480 e. The SMILES string of the molecule is N[C@@H](Cc1c[nH]c2ccccc12)C(=O)N(C(=O)OCc1ccccc1)[C@@H](Cc1c[nH]c2ccccc12)C(=O)O. The number of carboxylic acids is 1. The fraction of sp³-hybridized carbons (Fsp3) is 0.167. The molecule has 2 atom stereocenters. The third kappa shape index (κ3) is 5.53. The zero-order chi connectivity index (χ0) is 27.4. The summed E-state index contributed by atoms with van der Waals surface area (Å²) in [5.41, 5.74) is 10.2. The van der Waals surface area contributed by atoms with E-state index in [9.17, 15) is 19.5 Å². The predicted molar refractivity (Wildman–Crippen MR) is 147 cm³/mol. The van der Waals surface area contributed by atoms with Crippen molar-refractivity contribution < 1.29 is 24.2 Å². The molecule has 0 bridgehead atoms.